The monoisotopic (exact) mass is 412 g/mol. The van der Waals surface area contributed by atoms with Crippen LogP contribution in [0.25, 0.3) is 0 Å². The van der Waals surface area contributed by atoms with Crippen molar-refractivity contribution in [2.75, 3.05) is 0 Å². The van der Waals surface area contributed by atoms with E-state index in [0.717, 1.165) is 19.3 Å². The van der Waals surface area contributed by atoms with Crippen molar-refractivity contribution in [3.63, 3.8) is 0 Å². The third kappa shape index (κ3) is 8.66. The van der Waals surface area contributed by atoms with Gasteiger partial charge in [-0.1, -0.05) is 76.1 Å². The molecule has 0 saturated carbocycles. The Morgan fingerprint density at radius 2 is 1.43 bits per heavy atom. The average Bonchev–Trinajstić information content (AvgIpc) is 2.65. The Labute approximate surface area is 191 Å². The van der Waals surface area contributed by atoms with Crippen molar-refractivity contribution in [1.82, 2.24) is 0 Å². The number of rotatable bonds is 12. The molecule has 28 heavy (non-hydrogen) atoms. The van der Waals surface area contributed by atoms with E-state index in [0.29, 0.717) is 23.5 Å². The van der Waals surface area contributed by atoms with Gasteiger partial charge < -0.3 is 9.29 Å². The summed E-state index contributed by atoms with van der Waals surface area (Å²) < 4.78 is 40.9. The number of benzene rings is 2. The molecular formula is C22H29NaO4S. The van der Waals surface area contributed by atoms with Crippen molar-refractivity contribution in [3.05, 3.63) is 54.1 Å². The van der Waals surface area contributed by atoms with E-state index in [1.165, 1.54) is 38.2 Å². The zero-order chi connectivity index (χ0) is 19.5. The second kappa shape index (κ2) is 13.4. The minimum atomic E-state index is -4.54. The van der Waals surface area contributed by atoms with Gasteiger partial charge in [0.25, 0.3) is 0 Å². The summed E-state index contributed by atoms with van der Waals surface area (Å²) in [6.45, 7) is 2.20. The molecule has 148 valence electrons. The van der Waals surface area contributed by atoms with Crippen LogP contribution < -0.4 is 34.3 Å². The minimum absolute atomic E-state index is 0. The molecule has 0 unspecified atom stereocenters. The average molecular weight is 413 g/mol. The molecule has 0 fully saturated rings. The van der Waals surface area contributed by atoms with Crippen LogP contribution >= 0.6 is 0 Å². The second-order valence-corrected chi connectivity index (χ2v) is 8.18. The van der Waals surface area contributed by atoms with E-state index >= 15 is 0 Å². The van der Waals surface area contributed by atoms with E-state index in [1.54, 1.807) is 24.3 Å². The summed E-state index contributed by atoms with van der Waals surface area (Å²) in [5, 5.41) is 0. The van der Waals surface area contributed by atoms with Crippen LogP contribution in [0.15, 0.2) is 53.4 Å². The maximum absolute atomic E-state index is 11.7. The molecule has 6 heteroatoms. The fraction of sp³-hybridized carbons (Fsp3) is 0.455. The smallest absolute Gasteiger partial charge is 0.744 e. The summed E-state index contributed by atoms with van der Waals surface area (Å²) in [4.78, 5) is -0.168. The van der Waals surface area contributed by atoms with Gasteiger partial charge >= 0.3 is 29.6 Å². The Balaban J connectivity index is 0.00000392. The Morgan fingerprint density at radius 1 is 0.821 bits per heavy atom. The van der Waals surface area contributed by atoms with Crippen molar-refractivity contribution < 1.29 is 47.3 Å². The topological polar surface area (TPSA) is 66.4 Å². The third-order valence-corrected chi connectivity index (χ3v) is 5.53. The van der Waals surface area contributed by atoms with Gasteiger partial charge in [0, 0.05) is 5.56 Å². The molecule has 4 nitrogen and oxygen atoms in total. The van der Waals surface area contributed by atoms with E-state index in [9.17, 15) is 13.0 Å². The van der Waals surface area contributed by atoms with Crippen LogP contribution in [0, 0.1) is 0 Å². The molecule has 0 atom stereocenters. The molecule has 0 aromatic heterocycles. The van der Waals surface area contributed by atoms with Crippen molar-refractivity contribution in [2.24, 2.45) is 0 Å². The number of para-hydroxylation sites is 1. The van der Waals surface area contributed by atoms with Gasteiger partial charge in [-0.3, -0.25) is 0 Å². The molecule has 0 amide bonds. The molecule has 0 radical (unpaired) electrons. The Kier molecular flexibility index (Phi) is 12.0. The standard InChI is InChI=1S/C22H30O4S.Na/c1-2-3-4-5-6-7-8-12-16-20-21(26-19-14-10-9-11-15-19)17-13-18-22(20)27(23,24)25;/h9-11,13-15,17-18H,2-8,12,16H2,1H3,(H,23,24,25);/q;+1/p-1. The predicted octanol–water partition coefficient (Wildman–Crippen LogP) is 3.07. The largest absolute Gasteiger partial charge is 1.00 e. The van der Waals surface area contributed by atoms with Gasteiger partial charge in [-0.15, -0.1) is 0 Å². The minimum Gasteiger partial charge on any atom is -0.744 e. The van der Waals surface area contributed by atoms with Crippen LogP contribution in [0.5, 0.6) is 11.5 Å². The third-order valence-electron chi connectivity index (χ3n) is 4.61. The van der Waals surface area contributed by atoms with Crippen LogP contribution in [-0.2, 0) is 16.5 Å². The van der Waals surface area contributed by atoms with Crippen LogP contribution in [0.3, 0.4) is 0 Å². The molecule has 0 aliphatic heterocycles. The SMILES string of the molecule is CCCCCCCCCCc1c(Oc2ccccc2)cccc1S(=O)(=O)[O-].[Na+]. The Hall–Kier alpha value is -0.850. The van der Waals surface area contributed by atoms with Crippen LogP contribution in [0.4, 0.5) is 0 Å². The van der Waals surface area contributed by atoms with E-state index < -0.39 is 10.1 Å². The molecule has 2 rings (SSSR count). The van der Waals surface area contributed by atoms with Crippen LogP contribution in [0.1, 0.15) is 63.9 Å². The summed E-state index contributed by atoms with van der Waals surface area (Å²) in [7, 11) is -4.54. The molecule has 0 aliphatic carbocycles. The second-order valence-electron chi connectivity index (χ2n) is 6.83. The first kappa shape index (κ1) is 25.2. The fourth-order valence-electron chi connectivity index (χ4n) is 3.17. The normalized spacial score (nSPS) is 11.1. The van der Waals surface area contributed by atoms with Crippen molar-refractivity contribution in [1.29, 1.82) is 0 Å². The van der Waals surface area contributed by atoms with E-state index in [4.69, 9.17) is 4.74 Å². The van der Waals surface area contributed by atoms with Crippen molar-refractivity contribution in [2.45, 2.75) is 69.6 Å². The van der Waals surface area contributed by atoms with Gasteiger partial charge in [0.15, 0.2) is 0 Å². The number of unbranched alkanes of at least 4 members (excludes halogenated alkanes) is 7. The Morgan fingerprint density at radius 3 is 2.04 bits per heavy atom. The molecule has 0 heterocycles. The van der Waals surface area contributed by atoms with Gasteiger partial charge in [0.2, 0.25) is 0 Å². The number of ether oxygens (including phenoxy) is 1. The van der Waals surface area contributed by atoms with E-state index in [-0.39, 0.29) is 34.5 Å². The van der Waals surface area contributed by atoms with Crippen molar-refractivity contribution in [3.8, 4) is 11.5 Å². The molecular weight excluding hydrogens is 383 g/mol. The quantitative estimate of drug-likeness (QED) is 0.305. The molecule has 0 saturated heterocycles. The molecule has 2 aromatic rings. The first-order valence-electron chi connectivity index (χ1n) is 9.83. The summed E-state index contributed by atoms with van der Waals surface area (Å²) in [6.07, 6.45) is 9.77. The fourth-order valence-corrected chi connectivity index (χ4v) is 3.92. The molecule has 2 aromatic carbocycles. The summed E-state index contributed by atoms with van der Waals surface area (Å²) in [5.41, 5.74) is 0.488. The predicted molar refractivity (Wildman–Crippen MR) is 107 cm³/mol. The zero-order valence-corrected chi connectivity index (χ0v) is 19.8. The van der Waals surface area contributed by atoms with E-state index in [2.05, 4.69) is 6.92 Å². The number of hydrogen-bond acceptors (Lipinski definition) is 4. The number of hydrogen-bond donors (Lipinski definition) is 0. The molecule has 0 bridgehead atoms. The van der Waals surface area contributed by atoms with Crippen LogP contribution in [-0.4, -0.2) is 13.0 Å². The van der Waals surface area contributed by atoms with Crippen molar-refractivity contribution >= 4 is 10.1 Å². The Bertz CT molecular complexity index is 791. The maximum atomic E-state index is 11.7. The van der Waals surface area contributed by atoms with Crippen LogP contribution in [0.2, 0.25) is 0 Å². The zero-order valence-electron chi connectivity index (χ0n) is 17.0. The molecule has 0 N–H and O–H groups in total. The van der Waals surface area contributed by atoms with E-state index in [1.807, 2.05) is 18.2 Å². The summed E-state index contributed by atoms with van der Waals surface area (Å²) in [6, 6.07) is 13.8. The maximum Gasteiger partial charge on any atom is 1.00 e. The van der Waals surface area contributed by atoms with Gasteiger partial charge in [-0.2, -0.15) is 0 Å². The summed E-state index contributed by atoms with van der Waals surface area (Å²) in [5.74, 6) is 1.07. The molecule has 0 spiro atoms. The van der Waals surface area contributed by atoms with Gasteiger partial charge in [-0.25, -0.2) is 8.42 Å². The van der Waals surface area contributed by atoms with Gasteiger partial charge in [0.05, 0.1) is 4.90 Å². The summed E-state index contributed by atoms with van der Waals surface area (Å²) >= 11 is 0. The molecule has 0 aliphatic rings. The van der Waals surface area contributed by atoms with Gasteiger partial charge in [0.1, 0.15) is 21.6 Å². The first-order valence-corrected chi connectivity index (χ1v) is 11.2. The first-order chi connectivity index (χ1) is 13.0. The van der Waals surface area contributed by atoms with Gasteiger partial charge in [-0.05, 0) is 37.1 Å².